The third-order valence-corrected chi connectivity index (χ3v) is 5.43. The quantitative estimate of drug-likeness (QED) is 0.348. The molecule has 0 bridgehead atoms. The number of nitro benzene ring substituents is 1. The first kappa shape index (κ1) is 20.4. The maximum atomic E-state index is 13.3. The van der Waals surface area contributed by atoms with Gasteiger partial charge in [-0.2, -0.15) is 5.10 Å². The van der Waals surface area contributed by atoms with Crippen molar-refractivity contribution in [3.05, 3.63) is 98.7 Å². The maximum Gasteiger partial charge on any atom is 0.270 e. The number of hydrogen-bond acceptors (Lipinski definition) is 6. The molecule has 0 aliphatic carbocycles. The van der Waals surface area contributed by atoms with Crippen molar-refractivity contribution < 1.29 is 14.1 Å². The second kappa shape index (κ2) is 8.84. The van der Waals surface area contributed by atoms with E-state index in [1.807, 2.05) is 17.5 Å². The average Bonchev–Trinajstić information content (AvgIpc) is 3.45. The van der Waals surface area contributed by atoms with E-state index in [0.717, 1.165) is 10.4 Å². The minimum Gasteiger partial charge on any atom is -0.343 e. The van der Waals surface area contributed by atoms with Gasteiger partial charge in [0, 0.05) is 22.6 Å². The molecule has 0 aliphatic rings. The Balaban J connectivity index is 1.49. The fourth-order valence-electron chi connectivity index (χ4n) is 3.04. The molecule has 1 amide bonds. The molecular formula is C21H16FN5O3S. The predicted molar refractivity (Wildman–Crippen MR) is 113 cm³/mol. The molecule has 0 saturated carbocycles. The van der Waals surface area contributed by atoms with Crippen LogP contribution >= 0.6 is 11.3 Å². The van der Waals surface area contributed by atoms with Crippen LogP contribution in [0.15, 0.2) is 72.4 Å². The zero-order valence-electron chi connectivity index (χ0n) is 16.0. The van der Waals surface area contributed by atoms with Crippen LogP contribution in [0.5, 0.6) is 0 Å². The van der Waals surface area contributed by atoms with Crippen LogP contribution in [0.4, 0.5) is 10.1 Å². The number of non-ortho nitro benzene ring substituents is 1. The molecule has 0 radical (unpaired) electrons. The largest absolute Gasteiger partial charge is 0.343 e. The van der Waals surface area contributed by atoms with Gasteiger partial charge in [-0.25, -0.2) is 14.1 Å². The predicted octanol–water partition coefficient (Wildman–Crippen LogP) is 3.96. The number of amides is 1. The molecule has 2 heterocycles. The van der Waals surface area contributed by atoms with Crippen molar-refractivity contribution in [2.24, 2.45) is 0 Å². The van der Waals surface area contributed by atoms with Crippen molar-refractivity contribution >= 4 is 22.9 Å². The van der Waals surface area contributed by atoms with Crippen molar-refractivity contribution in [2.45, 2.75) is 12.6 Å². The van der Waals surface area contributed by atoms with E-state index >= 15 is 0 Å². The number of rotatable bonds is 7. The van der Waals surface area contributed by atoms with Crippen molar-refractivity contribution in [3.63, 3.8) is 0 Å². The van der Waals surface area contributed by atoms with Gasteiger partial charge in [-0.3, -0.25) is 14.9 Å². The summed E-state index contributed by atoms with van der Waals surface area (Å²) in [6.45, 7) is -0.0923. The van der Waals surface area contributed by atoms with Crippen molar-refractivity contribution in [2.75, 3.05) is 0 Å². The number of halogens is 1. The molecule has 156 valence electrons. The van der Waals surface area contributed by atoms with E-state index in [2.05, 4.69) is 15.4 Å². The molecule has 31 heavy (non-hydrogen) atoms. The summed E-state index contributed by atoms with van der Waals surface area (Å²) < 4.78 is 14.7. The van der Waals surface area contributed by atoms with Crippen LogP contribution in [0.25, 0.3) is 11.4 Å². The van der Waals surface area contributed by atoms with Crippen LogP contribution in [0.2, 0.25) is 0 Å². The minimum atomic E-state index is -0.492. The molecular weight excluding hydrogens is 421 g/mol. The van der Waals surface area contributed by atoms with Gasteiger partial charge in [-0.15, -0.1) is 11.3 Å². The summed E-state index contributed by atoms with van der Waals surface area (Å²) in [7, 11) is 0. The highest BCUT2D eigenvalue weighted by atomic mass is 32.1. The van der Waals surface area contributed by atoms with Gasteiger partial charge in [-0.1, -0.05) is 30.3 Å². The van der Waals surface area contributed by atoms with E-state index in [9.17, 15) is 19.3 Å². The van der Waals surface area contributed by atoms with Crippen LogP contribution in [-0.2, 0) is 11.3 Å². The summed E-state index contributed by atoms with van der Waals surface area (Å²) in [5, 5.41) is 20.1. The molecule has 0 spiro atoms. The minimum absolute atomic E-state index is 0.0651. The van der Waals surface area contributed by atoms with Gasteiger partial charge in [0.15, 0.2) is 5.82 Å². The molecule has 4 rings (SSSR count). The molecule has 1 atom stereocenters. The molecule has 2 aromatic carbocycles. The topological polar surface area (TPSA) is 103 Å². The molecule has 0 unspecified atom stereocenters. The van der Waals surface area contributed by atoms with E-state index in [-0.39, 0.29) is 29.8 Å². The number of nitrogens with one attached hydrogen (secondary N) is 1. The lowest BCUT2D eigenvalue weighted by Gasteiger charge is -2.18. The normalized spacial score (nSPS) is 11.8. The maximum absolute atomic E-state index is 13.3. The fraction of sp³-hybridized carbons (Fsp3) is 0.0952. The molecule has 2 aromatic heterocycles. The standard InChI is InChI=1S/C21H16FN5O3S/c22-16-8-6-14(7-9-16)20(18-5-2-10-31-18)24-19(28)12-26-13-23-21(25-26)15-3-1-4-17(11-15)27(29)30/h1-11,13,20H,12H2,(H,24,28)/t20-/m0/s1. The molecule has 0 saturated heterocycles. The van der Waals surface area contributed by atoms with Crippen LogP contribution < -0.4 is 5.32 Å². The first-order valence-electron chi connectivity index (χ1n) is 9.22. The Morgan fingerprint density at radius 3 is 2.71 bits per heavy atom. The van der Waals surface area contributed by atoms with Gasteiger partial charge in [-0.05, 0) is 29.1 Å². The zero-order valence-corrected chi connectivity index (χ0v) is 16.8. The first-order chi connectivity index (χ1) is 15.0. The Morgan fingerprint density at radius 1 is 1.19 bits per heavy atom. The third-order valence-electron chi connectivity index (χ3n) is 4.49. The molecule has 0 fully saturated rings. The SMILES string of the molecule is O=C(Cn1cnc(-c2cccc([N+](=O)[O-])c2)n1)N[C@@H](c1ccc(F)cc1)c1cccs1. The third kappa shape index (κ3) is 4.81. The van der Waals surface area contributed by atoms with Gasteiger partial charge < -0.3 is 5.32 Å². The highest BCUT2D eigenvalue weighted by molar-refractivity contribution is 7.10. The Hall–Kier alpha value is -3.92. The number of carbonyl (C=O) groups is 1. The van der Waals surface area contributed by atoms with E-state index in [0.29, 0.717) is 5.56 Å². The summed E-state index contributed by atoms with van der Waals surface area (Å²) >= 11 is 1.49. The Labute approximate surface area is 180 Å². The highest BCUT2D eigenvalue weighted by Crippen LogP contribution is 2.26. The summed E-state index contributed by atoms with van der Waals surface area (Å²) in [6, 6.07) is 15.3. The van der Waals surface area contributed by atoms with Gasteiger partial charge >= 0.3 is 0 Å². The second-order valence-corrected chi connectivity index (χ2v) is 7.62. The molecule has 4 aromatic rings. The summed E-state index contributed by atoms with van der Waals surface area (Å²) in [6.07, 6.45) is 1.39. The highest BCUT2D eigenvalue weighted by Gasteiger charge is 2.19. The molecule has 8 nitrogen and oxygen atoms in total. The lowest BCUT2D eigenvalue weighted by molar-refractivity contribution is -0.384. The average molecular weight is 437 g/mol. The van der Waals surface area contributed by atoms with Crippen molar-refractivity contribution in [1.29, 1.82) is 0 Å². The van der Waals surface area contributed by atoms with E-state index < -0.39 is 11.0 Å². The number of benzene rings is 2. The molecule has 1 N–H and O–H groups in total. The van der Waals surface area contributed by atoms with Crippen LogP contribution in [0, 0.1) is 15.9 Å². The Morgan fingerprint density at radius 2 is 2.00 bits per heavy atom. The summed E-state index contributed by atoms with van der Waals surface area (Å²) in [5.41, 5.74) is 1.17. The van der Waals surface area contributed by atoms with Crippen LogP contribution in [0.1, 0.15) is 16.5 Å². The van der Waals surface area contributed by atoms with Gasteiger partial charge in [0.2, 0.25) is 5.91 Å². The molecule has 10 heteroatoms. The Bertz CT molecular complexity index is 1210. The number of nitro groups is 1. The number of nitrogens with zero attached hydrogens (tertiary/aromatic N) is 4. The smallest absolute Gasteiger partial charge is 0.270 e. The lowest BCUT2D eigenvalue weighted by atomic mass is 10.1. The molecule has 0 aliphatic heterocycles. The summed E-state index contributed by atoms with van der Waals surface area (Å²) in [4.78, 5) is 28.2. The van der Waals surface area contributed by atoms with Crippen molar-refractivity contribution in [3.8, 4) is 11.4 Å². The van der Waals surface area contributed by atoms with E-state index in [1.54, 1.807) is 24.3 Å². The van der Waals surface area contributed by atoms with Crippen LogP contribution in [0.3, 0.4) is 0 Å². The Kier molecular flexibility index (Phi) is 5.80. The van der Waals surface area contributed by atoms with E-state index in [1.165, 1.54) is 46.6 Å². The van der Waals surface area contributed by atoms with E-state index in [4.69, 9.17) is 0 Å². The monoisotopic (exact) mass is 437 g/mol. The van der Waals surface area contributed by atoms with Gasteiger partial charge in [0.05, 0.1) is 11.0 Å². The first-order valence-corrected chi connectivity index (χ1v) is 10.1. The van der Waals surface area contributed by atoms with Gasteiger partial charge in [0.1, 0.15) is 18.7 Å². The summed E-state index contributed by atoms with van der Waals surface area (Å²) in [5.74, 6) is -0.376. The fourth-order valence-corrected chi connectivity index (χ4v) is 3.85. The zero-order chi connectivity index (χ0) is 21.8. The van der Waals surface area contributed by atoms with Crippen molar-refractivity contribution in [1.82, 2.24) is 20.1 Å². The second-order valence-electron chi connectivity index (χ2n) is 6.64. The van der Waals surface area contributed by atoms with Gasteiger partial charge in [0.25, 0.3) is 5.69 Å². The number of thiophene rings is 1. The lowest BCUT2D eigenvalue weighted by Crippen LogP contribution is -2.32. The number of carbonyl (C=O) groups excluding carboxylic acids is 1. The van der Waals surface area contributed by atoms with Crippen LogP contribution in [-0.4, -0.2) is 25.6 Å². The number of aromatic nitrogens is 3. The number of hydrogen-bond donors (Lipinski definition) is 1.